The zero-order chi connectivity index (χ0) is 13.2. The molecule has 7 heteroatoms. The van der Waals surface area contributed by atoms with E-state index < -0.39 is 12.2 Å². The van der Waals surface area contributed by atoms with E-state index in [0.29, 0.717) is 11.5 Å². The Bertz CT molecular complexity index is 597. The van der Waals surface area contributed by atoms with Crippen molar-refractivity contribution >= 4 is 11.8 Å². The molecule has 2 aromatic rings. The quantitative estimate of drug-likeness (QED) is 0.796. The van der Waals surface area contributed by atoms with Crippen molar-refractivity contribution in [3.63, 3.8) is 0 Å². The van der Waals surface area contributed by atoms with E-state index in [1.54, 1.807) is 30.5 Å². The third kappa shape index (κ3) is 2.31. The van der Waals surface area contributed by atoms with Crippen LogP contribution in [0.5, 0.6) is 5.75 Å². The number of anilines is 1. The van der Waals surface area contributed by atoms with Gasteiger partial charge in [-0.15, -0.1) is 4.89 Å². The Kier molecular flexibility index (Phi) is 2.73. The highest BCUT2D eigenvalue weighted by Gasteiger charge is 2.34. The van der Waals surface area contributed by atoms with Crippen molar-refractivity contribution in [2.24, 2.45) is 0 Å². The predicted molar refractivity (Wildman–Crippen MR) is 63.7 cm³/mol. The van der Waals surface area contributed by atoms with Gasteiger partial charge in [-0.3, -0.25) is 9.87 Å². The Morgan fingerprint density at radius 1 is 1.16 bits per heavy atom. The molecule has 1 aromatic heterocycles. The second-order valence-electron chi connectivity index (χ2n) is 3.86. The molecule has 0 aliphatic carbocycles. The number of rotatable bonds is 3. The fourth-order valence-corrected chi connectivity index (χ4v) is 1.54. The smallest absolute Gasteiger partial charge is 0.395 e. The first kappa shape index (κ1) is 11.4. The molecule has 1 fully saturated rings. The summed E-state index contributed by atoms with van der Waals surface area (Å²) in [7, 11) is 0. The maximum absolute atomic E-state index is 10.9. The summed E-state index contributed by atoms with van der Waals surface area (Å²) in [5.74, 6) is 0.101. The van der Waals surface area contributed by atoms with Gasteiger partial charge in [-0.05, 0) is 24.3 Å². The van der Waals surface area contributed by atoms with E-state index in [1.807, 2.05) is 0 Å². The van der Waals surface area contributed by atoms with Crippen molar-refractivity contribution in [1.29, 1.82) is 0 Å². The molecule has 0 spiro atoms. The molecule has 1 saturated heterocycles. The molecule has 96 valence electrons. The van der Waals surface area contributed by atoms with E-state index in [4.69, 9.17) is 0 Å². The number of nitrogens with zero attached hydrogens (tertiary/aromatic N) is 2. The highest BCUT2D eigenvalue weighted by Crippen LogP contribution is 2.20. The summed E-state index contributed by atoms with van der Waals surface area (Å²) in [6.07, 6.45) is 2.21. The van der Waals surface area contributed by atoms with Crippen LogP contribution in [0.4, 0.5) is 5.82 Å². The fraction of sp³-hybridized carbons (Fsp3) is 0.0833. The molecule has 0 amide bonds. The number of hydrogen-bond donors (Lipinski definition) is 2. The van der Waals surface area contributed by atoms with Gasteiger partial charge in [0.05, 0.1) is 18.1 Å². The molecule has 1 unspecified atom stereocenters. The van der Waals surface area contributed by atoms with Gasteiger partial charge in [0.25, 0.3) is 6.23 Å². The van der Waals surface area contributed by atoms with Gasteiger partial charge in [0, 0.05) is 5.56 Å². The summed E-state index contributed by atoms with van der Waals surface area (Å²) in [5, 5.41) is 11.9. The molecule has 0 bridgehead atoms. The molecule has 1 aliphatic rings. The molecule has 2 heterocycles. The van der Waals surface area contributed by atoms with Gasteiger partial charge in [0.2, 0.25) is 0 Å². The summed E-state index contributed by atoms with van der Waals surface area (Å²) < 4.78 is 0. The average molecular weight is 259 g/mol. The first-order valence-electron chi connectivity index (χ1n) is 5.47. The second-order valence-corrected chi connectivity index (χ2v) is 3.86. The lowest BCUT2D eigenvalue weighted by Crippen LogP contribution is -2.44. The van der Waals surface area contributed by atoms with Crippen molar-refractivity contribution < 1.29 is 19.7 Å². The third-order valence-corrected chi connectivity index (χ3v) is 2.53. The topological polar surface area (TPSA) is 93.6 Å². The lowest BCUT2D eigenvalue weighted by molar-refractivity contribution is -0.355. The zero-order valence-corrected chi connectivity index (χ0v) is 9.61. The number of phenolic OH excluding ortho intramolecular Hbond substituents is 1. The molecule has 3 rings (SSSR count). The van der Waals surface area contributed by atoms with E-state index in [0.717, 1.165) is 5.56 Å². The predicted octanol–water partition coefficient (Wildman–Crippen LogP) is 1.08. The normalized spacial score (nSPS) is 17.5. The zero-order valence-electron chi connectivity index (χ0n) is 9.61. The van der Waals surface area contributed by atoms with Gasteiger partial charge in [-0.25, -0.2) is 9.78 Å². The molecule has 0 radical (unpaired) electrons. The van der Waals surface area contributed by atoms with Gasteiger partial charge in [-0.1, -0.05) is 0 Å². The van der Waals surface area contributed by atoms with Crippen LogP contribution >= 0.6 is 0 Å². The molecule has 19 heavy (non-hydrogen) atoms. The molecule has 0 saturated carbocycles. The number of hydrogen-bond acceptors (Lipinski definition) is 7. The molecular weight excluding hydrogens is 250 g/mol. The van der Waals surface area contributed by atoms with Crippen LogP contribution < -0.4 is 5.32 Å². The van der Waals surface area contributed by atoms with E-state index in [2.05, 4.69) is 25.1 Å². The van der Waals surface area contributed by atoms with Gasteiger partial charge in [-0.2, -0.15) is 0 Å². The van der Waals surface area contributed by atoms with Gasteiger partial charge in [0.15, 0.2) is 0 Å². The first-order valence-corrected chi connectivity index (χ1v) is 5.47. The Labute approximate surface area is 107 Å². The number of nitrogens with one attached hydrogen (secondary N) is 1. The van der Waals surface area contributed by atoms with Crippen molar-refractivity contribution in [1.82, 2.24) is 9.97 Å². The van der Waals surface area contributed by atoms with Crippen molar-refractivity contribution in [3.05, 3.63) is 36.7 Å². The van der Waals surface area contributed by atoms with Gasteiger partial charge in [0.1, 0.15) is 11.6 Å². The summed E-state index contributed by atoms with van der Waals surface area (Å²) in [5.41, 5.74) is 1.49. The monoisotopic (exact) mass is 259 g/mol. The minimum absolute atomic E-state index is 0.190. The molecule has 1 atom stereocenters. The highest BCUT2D eigenvalue weighted by molar-refractivity contribution is 5.79. The number of aromatic nitrogens is 2. The van der Waals surface area contributed by atoms with E-state index >= 15 is 0 Å². The molecule has 1 aromatic carbocycles. The Hall–Kier alpha value is -2.67. The fourth-order valence-electron chi connectivity index (χ4n) is 1.54. The van der Waals surface area contributed by atoms with Crippen LogP contribution in [0.25, 0.3) is 11.3 Å². The summed E-state index contributed by atoms with van der Waals surface area (Å²) in [6.45, 7) is 0. The summed E-state index contributed by atoms with van der Waals surface area (Å²) in [6, 6.07) is 6.61. The number of aromatic hydroxyl groups is 1. The maximum Gasteiger partial charge on any atom is 0.395 e. The van der Waals surface area contributed by atoms with Crippen LogP contribution in [-0.4, -0.2) is 27.3 Å². The molecular formula is C12H9N3O4. The van der Waals surface area contributed by atoms with Crippen LogP contribution in [0.15, 0.2) is 36.7 Å². The Morgan fingerprint density at radius 3 is 2.47 bits per heavy atom. The van der Waals surface area contributed by atoms with Crippen molar-refractivity contribution in [2.75, 3.05) is 5.32 Å². The number of benzene rings is 1. The largest absolute Gasteiger partial charge is 0.508 e. The van der Waals surface area contributed by atoms with Crippen LogP contribution in [0.3, 0.4) is 0 Å². The SMILES string of the molecule is O=C1OOC1Nc1cnc(-c2ccc(O)cc2)cn1. The molecule has 1 aliphatic heterocycles. The van der Waals surface area contributed by atoms with Crippen LogP contribution in [0, 0.1) is 0 Å². The maximum atomic E-state index is 10.9. The van der Waals surface area contributed by atoms with E-state index in [9.17, 15) is 9.90 Å². The lowest BCUT2D eigenvalue weighted by Gasteiger charge is -2.22. The Balaban J connectivity index is 1.75. The van der Waals surface area contributed by atoms with E-state index in [1.165, 1.54) is 6.20 Å². The van der Waals surface area contributed by atoms with Crippen LogP contribution in [-0.2, 0) is 14.6 Å². The lowest BCUT2D eigenvalue weighted by atomic mass is 10.1. The number of carbonyl (C=O) groups is 1. The van der Waals surface area contributed by atoms with Gasteiger partial charge >= 0.3 is 5.97 Å². The number of phenols is 1. The van der Waals surface area contributed by atoms with E-state index in [-0.39, 0.29) is 5.75 Å². The third-order valence-electron chi connectivity index (χ3n) is 2.53. The van der Waals surface area contributed by atoms with Crippen molar-refractivity contribution in [2.45, 2.75) is 6.23 Å². The average Bonchev–Trinajstić information content (AvgIpc) is 2.45. The van der Waals surface area contributed by atoms with Crippen LogP contribution in [0.1, 0.15) is 0 Å². The standard InChI is InChI=1S/C12H9N3O4/c16-8-3-1-7(2-4-8)9-5-14-10(6-13-9)15-11-12(17)19-18-11/h1-6,11,16H,(H,14,15). The minimum atomic E-state index is -0.825. The van der Waals surface area contributed by atoms with Crippen molar-refractivity contribution in [3.8, 4) is 17.0 Å². The molecule has 7 nitrogen and oxygen atoms in total. The highest BCUT2D eigenvalue weighted by atomic mass is 17.3. The number of carbonyl (C=O) groups excluding carboxylic acids is 1. The first-order chi connectivity index (χ1) is 9.22. The second kappa shape index (κ2) is 4.54. The molecule has 2 N–H and O–H groups in total. The van der Waals surface area contributed by atoms with Gasteiger partial charge < -0.3 is 10.4 Å². The summed E-state index contributed by atoms with van der Waals surface area (Å²) in [4.78, 5) is 27.8. The Morgan fingerprint density at radius 2 is 1.95 bits per heavy atom. The summed E-state index contributed by atoms with van der Waals surface area (Å²) >= 11 is 0. The minimum Gasteiger partial charge on any atom is -0.508 e. The van der Waals surface area contributed by atoms with Crippen LogP contribution in [0.2, 0.25) is 0 Å².